The molecule has 1 heterocycles. The largest absolute Gasteiger partial charge is 0.339 e. The molecule has 4 nitrogen and oxygen atoms in total. The number of rotatable bonds is 7. The Kier molecular flexibility index (Phi) is 5.98. The highest BCUT2D eigenvalue weighted by Crippen LogP contribution is 2.19. The second-order valence-corrected chi connectivity index (χ2v) is 5.85. The van der Waals surface area contributed by atoms with Crippen molar-refractivity contribution >= 4 is 11.8 Å². The van der Waals surface area contributed by atoms with Crippen LogP contribution in [0.5, 0.6) is 0 Å². The van der Waals surface area contributed by atoms with Crippen molar-refractivity contribution in [3.05, 3.63) is 11.7 Å². The quantitative estimate of drug-likeness (QED) is 0.813. The molecule has 0 saturated heterocycles. The number of hydrogen-bond donors (Lipinski definition) is 1. The van der Waals surface area contributed by atoms with E-state index in [9.17, 15) is 0 Å². The van der Waals surface area contributed by atoms with Crippen molar-refractivity contribution in [1.29, 1.82) is 0 Å². The third-order valence-electron chi connectivity index (χ3n) is 2.67. The van der Waals surface area contributed by atoms with E-state index in [1.54, 1.807) is 0 Å². The molecule has 0 aliphatic heterocycles. The topological polar surface area (TPSA) is 64.9 Å². The summed E-state index contributed by atoms with van der Waals surface area (Å²) < 4.78 is 5.25. The van der Waals surface area contributed by atoms with Crippen LogP contribution in [0.3, 0.4) is 0 Å². The van der Waals surface area contributed by atoms with Gasteiger partial charge in [-0.05, 0) is 18.1 Å². The maximum atomic E-state index is 5.96. The molecule has 0 spiro atoms. The van der Waals surface area contributed by atoms with Gasteiger partial charge in [-0.1, -0.05) is 32.9 Å². The molecule has 0 amide bonds. The third kappa shape index (κ3) is 4.68. The molecule has 0 aromatic carbocycles. The highest BCUT2D eigenvalue weighted by molar-refractivity contribution is 7.98. The van der Waals surface area contributed by atoms with Crippen molar-refractivity contribution in [1.82, 2.24) is 10.1 Å². The van der Waals surface area contributed by atoms with Crippen LogP contribution in [-0.4, -0.2) is 21.9 Å². The molecule has 17 heavy (non-hydrogen) atoms. The third-order valence-corrected chi connectivity index (χ3v) is 4.03. The van der Waals surface area contributed by atoms with E-state index >= 15 is 0 Å². The first-order valence-corrected chi connectivity index (χ1v) is 7.35. The Balaban J connectivity index is 2.47. The van der Waals surface area contributed by atoms with Crippen LogP contribution in [0.1, 0.15) is 51.7 Å². The predicted molar refractivity (Wildman–Crippen MR) is 72.0 cm³/mol. The molecule has 98 valence electrons. The summed E-state index contributed by atoms with van der Waals surface area (Å²) >= 11 is 1.84. The van der Waals surface area contributed by atoms with Crippen LogP contribution >= 0.6 is 11.8 Å². The van der Waals surface area contributed by atoms with Crippen molar-refractivity contribution in [2.45, 2.75) is 51.8 Å². The fourth-order valence-electron chi connectivity index (χ4n) is 1.43. The van der Waals surface area contributed by atoms with Crippen LogP contribution in [0.25, 0.3) is 0 Å². The van der Waals surface area contributed by atoms with E-state index in [2.05, 4.69) is 30.9 Å². The Bertz CT molecular complexity index is 327. The Morgan fingerprint density at radius 3 is 2.65 bits per heavy atom. The molecule has 2 unspecified atom stereocenters. The van der Waals surface area contributed by atoms with Crippen molar-refractivity contribution in [2.24, 2.45) is 11.7 Å². The lowest BCUT2D eigenvalue weighted by atomic mass is 10.0. The van der Waals surface area contributed by atoms with Crippen LogP contribution in [0, 0.1) is 5.92 Å². The van der Waals surface area contributed by atoms with Gasteiger partial charge >= 0.3 is 0 Å². The molecule has 0 aliphatic carbocycles. The van der Waals surface area contributed by atoms with Crippen molar-refractivity contribution in [3.8, 4) is 0 Å². The summed E-state index contributed by atoms with van der Waals surface area (Å²) in [5.41, 5.74) is 5.96. The summed E-state index contributed by atoms with van der Waals surface area (Å²) in [6.07, 6.45) is 0.918. The molecule has 0 aliphatic rings. The van der Waals surface area contributed by atoms with Gasteiger partial charge in [-0.15, -0.1) is 0 Å². The lowest BCUT2D eigenvalue weighted by molar-refractivity contribution is 0.337. The zero-order valence-corrected chi connectivity index (χ0v) is 12.0. The Morgan fingerprint density at radius 1 is 1.35 bits per heavy atom. The van der Waals surface area contributed by atoms with E-state index in [-0.39, 0.29) is 12.0 Å². The maximum absolute atomic E-state index is 5.96. The van der Waals surface area contributed by atoms with E-state index in [0.29, 0.717) is 11.8 Å². The van der Waals surface area contributed by atoms with Gasteiger partial charge in [0, 0.05) is 6.04 Å². The first-order chi connectivity index (χ1) is 8.04. The number of hydrogen-bond acceptors (Lipinski definition) is 5. The van der Waals surface area contributed by atoms with Gasteiger partial charge < -0.3 is 10.3 Å². The molecule has 5 heteroatoms. The van der Waals surface area contributed by atoms with Crippen molar-refractivity contribution < 1.29 is 4.52 Å². The highest BCUT2D eigenvalue weighted by Gasteiger charge is 2.19. The normalized spacial score (nSPS) is 15.2. The Morgan fingerprint density at radius 2 is 2.06 bits per heavy atom. The minimum atomic E-state index is 0.0895. The second kappa shape index (κ2) is 7.01. The molecule has 0 bridgehead atoms. The summed E-state index contributed by atoms with van der Waals surface area (Å²) in [7, 11) is 0. The predicted octanol–water partition coefficient (Wildman–Crippen LogP) is 2.80. The zero-order chi connectivity index (χ0) is 12.8. The standard InChI is InChI=1S/C12H23N3OS/c1-5-10(13)9(4)12-14-11(15-16-12)7-17-6-8(2)3/h8-10H,5-7,13H2,1-4H3. The summed E-state index contributed by atoms with van der Waals surface area (Å²) in [5.74, 6) is 4.21. The molecule has 0 saturated carbocycles. The fraction of sp³-hybridized carbons (Fsp3) is 0.833. The summed E-state index contributed by atoms with van der Waals surface area (Å²) in [4.78, 5) is 4.40. The molecule has 1 aromatic rings. The van der Waals surface area contributed by atoms with E-state index in [4.69, 9.17) is 10.3 Å². The van der Waals surface area contributed by atoms with Gasteiger partial charge in [-0.25, -0.2) is 0 Å². The summed E-state index contributed by atoms with van der Waals surface area (Å²) in [6.45, 7) is 8.51. The molecule has 1 rings (SSSR count). The lowest BCUT2D eigenvalue weighted by Crippen LogP contribution is -2.25. The molecule has 1 aromatic heterocycles. The zero-order valence-electron chi connectivity index (χ0n) is 11.1. The van der Waals surface area contributed by atoms with Crippen molar-refractivity contribution in [2.75, 3.05) is 5.75 Å². The van der Waals surface area contributed by atoms with Gasteiger partial charge in [0.05, 0.1) is 11.7 Å². The van der Waals surface area contributed by atoms with E-state index in [0.717, 1.165) is 23.8 Å². The van der Waals surface area contributed by atoms with E-state index in [1.807, 2.05) is 18.7 Å². The molecule has 0 fully saturated rings. The number of thioether (sulfide) groups is 1. The van der Waals surface area contributed by atoms with Gasteiger partial charge in [0.2, 0.25) is 5.89 Å². The Hall–Kier alpha value is -0.550. The molecule has 0 radical (unpaired) electrons. The number of nitrogens with two attached hydrogens (primary N) is 1. The van der Waals surface area contributed by atoms with Gasteiger partial charge in [-0.2, -0.15) is 16.7 Å². The molecule has 2 atom stereocenters. The number of nitrogens with zero attached hydrogens (tertiary/aromatic N) is 2. The average molecular weight is 257 g/mol. The first-order valence-electron chi connectivity index (χ1n) is 6.20. The van der Waals surface area contributed by atoms with Crippen LogP contribution < -0.4 is 5.73 Å². The molecular weight excluding hydrogens is 234 g/mol. The van der Waals surface area contributed by atoms with Gasteiger partial charge in [-0.3, -0.25) is 0 Å². The molecule has 2 N–H and O–H groups in total. The first kappa shape index (κ1) is 14.5. The fourth-order valence-corrected chi connectivity index (χ4v) is 2.32. The van der Waals surface area contributed by atoms with Crippen LogP contribution in [0.4, 0.5) is 0 Å². The number of aromatic nitrogens is 2. The molecular formula is C12H23N3OS. The second-order valence-electron chi connectivity index (χ2n) is 4.82. The maximum Gasteiger partial charge on any atom is 0.231 e. The van der Waals surface area contributed by atoms with Gasteiger partial charge in [0.1, 0.15) is 0 Å². The Labute approximate surface area is 108 Å². The smallest absolute Gasteiger partial charge is 0.231 e. The minimum Gasteiger partial charge on any atom is -0.339 e. The SMILES string of the molecule is CCC(N)C(C)c1nc(CSCC(C)C)no1. The summed E-state index contributed by atoms with van der Waals surface area (Å²) in [6, 6.07) is 0.0895. The van der Waals surface area contributed by atoms with E-state index in [1.165, 1.54) is 0 Å². The summed E-state index contributed by atoms with van der Waals surface area (Å²) in [5, 5.41) is 3.99. The van der Waals surface area contributed by atoms with Crippen molar-refractivity contribution in [3.63, 3.8) is 0 Å². The minimum absolute atomic E-state index is 0.0895. The van der Waals surface area contributed by atoms with E-state index < -0.39 is 0 Å². The van der Waals surface area contributed by atoms with Gasteiger partial charge in [0.15, 0.2) is 5.82 Å². The van der Waals surface area contributed by atoms with Crippen LogP contribution in [0.2, 0.25) is 0 Å². The van der Waals surface area contributed by atoms with Gasteiger partial charge in [0.25, 0.3) is 0 Å². The van der Waals surface area contributed by atoms with Crippen LogP contribution in [0.15, 0.2) is 4.52 Å². The lowest BCUT2D eigenvalue weighted by Gasteiger charge is -2.13. The monoisotopic (exact) mass is 257 g/mol. The average Bonchev–Trinajstić information content (AvgIpc) is 2.75. The highest BCUT2D eigenvalue weighted by atomic mass is 32.2. The van der Waals surface area contributed by atoms with Crippen LogP contribution in [-0.2, 0) is 5.75 Å².